The van der Waals surface area contributed by atoms with Crippen LogP contribution in [0.15, 0.2) is 76.0 Å². The van der Waals surface area contributed by atoms with Crippen molar-refractivity contribution in [2.75, 3.05) is 5.32 Å². The summed E-state index contributed by atoms with van der Waals surface area (Å²) in [4.78, 5) is 18.3. The molecular weight excluding hydrogens is 447 g/mol. The van der Waals surface area contributed by atoms with E-state index in [-0.39, 0.29) is 10.9 Å². The average Bonchev–Trinajstić information content (AvgIpc) is 3.16. The summed E-state index contributed by atoms with van der Waals surface area (Å²) in [6.07, 6.45) is 0. The van der Waals surface area contributed by atoms with Crippen molar-refractivity contribution in [3.8, 4) is 11.5 Å². The topological polar surface area (TPSA) is 55.1 Å². The van der Waals surface area contributed by atoms with E-state index in [1.165, 1.54) is 22.6 Å². The molecule has 0 aliphatic heterocycles. The molecule has 0 unspecified atom stereocenters. The fourth-order valence-electron chi connectivity index (χ4n) is 3.02. The van der Waals surface area contributed by atoms with Gasteiger partial charge in [-0.1, -0.05) is 29.3 Å². The Bertz CT molecular complexity index is 1250. The Hall–Kier alpha value is -3.09. The summed E-state index contributed by atoms with van der Waals surface area (Å²) < 4.78 is 19.0. The van der Waals surface area contributed by atoms with Crippen LogP contribution >= 0.6 is 23.4 Å². The molecule has 0 fully saturated rings. The number of carbonyl (C=O) groups excluding carboxylic acids is 1. The fourth-order valence-corrected chi connectivity index (χ4v) is 4.14. The Morgan fingerprint density at radius 3 is 2.47 bits per heavy atom. The maximum Gasteiger partial charge on any atom is 0.255 e. The molecule has 7 heteroatoms. The lowest BCUT2D eigenvalue weighted by Gasteiger charge is -2.07. The second kappa shape index (κ2) is 9.59. The predicted octanol–water partition coefficient (Wildman–Crippen LogP) is 7.30. The third-order valence-electron chi connectivity index (χ3n) is 4.86. The number of amides is 1. The van der Waals surface area contributed by atoms with E-state index in [1.54, 1.807) is 36.0 Å². The van der Waals surface area contributed by atoms with Gasteiger partial charge in [-0.2, -0.15) is 0 Å². The van der Waals surface area contributed by atoms with Crippen LogP contribution in [0.25, 0.3) is 11.5 Å². The second-order valence-electron chi connectivity index (χ2n) is 7.28. The fraction of sp³-hybridized carbons (Fsp3) is 0.120. The molecule has 1 aromatic heterocycles. The number of rotatable bonds is 6. The van der Waals surface area contributed by atoms with Crippen LogP contribution < -0.4 is 5.32 Å². The molecule has 0 atom stereocenters. The normalized spacial score (nSPS) is 10.9. The van der Waals surface area contributed by atoms with Crippen molar-refractivity contribution in [3.63, 3.8) is 0 Å². The number of thioether (sulfide) groups is 1. The van der Waals surface area contributed by atoms with E-state index < -0.39 is 5.82 Å². The first-order valence-corrected chi connectivity index (χ1v) is 11.3. The first-order valence-electron chi connectivity index (χ1n) is 9.91. The summed E-state index contributed by atoms with van der Waals surface area (Å²) in [7, 11) is 0. The van der Waals surface area contributed by atoms with Crippen molar-refractivity contribution in [3.05, 3.63) is 100 Å². The van der Waals surface area contributed by atoms with Gasteiger partial charge >= 0.3 is 0 Å². The SMILES string of the molecule is Cc1ccc(SCc2nc(-c3ccc(C(=O)Nc4ccc(F)cc4Cl)cc3)oc2C)cc1. The highest BCUT2D eigenvalue weighted by molar-refractivity contribution is 7.98. The monoisotopic (exact) mass is 466 g/mol. The van der Waals surface area contributed by atoms with Gasteiger partial charge in [-0.05, 0) is 68.4 Å². The summed E-state index contributed by atoms with van der Waals surface area (Å²) in [6.45, 7) is 3.96. The van der Waals surface area contributed by atoms with Gasteiger partial charge in [0.1, 0.15) is 11.6 Å². The van der Waals surface area contributed by atoms with Gasteiger partial charge < -0.3 is 9.73 Å². The van der Waals surface area contributed by atoms with Crippen LogP contribution in [0.2, 0.25) is 5.02 Å². The number of oxazole rings is 1. The number of aryl methyl sites for hydroxylation is 2. The molecule has 32 heavy (non-hydrogen) atoms. The molecule has 3 aromatic carbocycles. The van der Waals surface area contributed by atoms with E-state index in [0.717, 1.165) is 23.1 Å². The minimum atomic E-state index is -0.463. The number of halogens is 2. The first-order chi connectivity index (χ1) is 15.4. The summed E-state index contributed by atoms with van der Waals surface area (Å²) >= 11 is 7.68. The molecule has 4 rings (SSSR count). The van der Waals surface area contributed by atoms with Gasteiger partial charge in [0.2, 0.25) is 5.89 Å². The number of hydrogen-bond donors (Lipinski definition) is 1. The molecule has 162 valence electrons. The van der Waals surface area contributed by atoms with Crippen LogP contribution in [-0.2, 0) is 5.75 Å². The van der Waals surface area contributed by atoms with Crippen molar-refractivity contribution in [1.82, 2.24) is 4.98 Å². The number of nitrogens with zero attached hydrogens (tertiary/aromatic N) is 1. The Morgan fingerprint density at radius 1 is 1.06 bits per heavy atom. The standard InChI is InChI=1S/C25H20ClFN2O2S/c1-15-3-10-20(11-4-15)32-14-23-16(2)31-25(29-23)18-7-5-17(6-8-18)24(30)28-22-12-9-19(27)13-21(22)26/h3-13H,14H2,1-2H3,(H,28,30). The van der Waals surface area contributed by atoms with E-state index in [9.17, 15) is 9.18 Å². The number of nitrogens with one attached hydrogen (secondary N) is 1. The molecule has 0 aliphatic rings. The highest BCUT2D eigenvalue weighted by atomic mass is 35.5. The van der Waals surface area contributed by atoms with Crippen LogP contribution in [0.3, 0.4) is 0 Å². The lowest BCUT2D eigenvalue weighted by molar-refractivity contribution is 0.102. The zero-order valence-electron chi connectivity index (χ0n) is 17.5. The highest BCUT2D eigenvalue weighted by Crippen LogP contribution is 2.28. The van der Waals surface area contributed by atoms with Gasteiger partial charge in [-0.15, -0.1) is 11.8 Å². The van der Waals surface area contributed by atoms with Crippen LogP contribution in [0.5, 0.6) is 0 Å². The molecule has 1 N–H and O–H groups in total. The Labute approximate surface area is 194 Å². The van der Waals surface area contributed by atoms with Crippen molar-refractivity contribution < 1.29 is 13.6 Å². The molecule has 4 nitrogen and oxygen atoms in total. The van der Waals surface area contributed by atoms with Crippen molar-refractivity contribution >= 4 is 35.0 Å². The van der Waals surface area contributed by atoms with Crippen molar-refractivity contribution in [2.45, 2.75) is 24.5 Å². The summed E-state index contributed by atoms with van der Waals surface area (Å²) in [5.41, 5.74) is 3.68. The number of benzene rings is 3. The molecule has 1 amide bonds. The van der Waals surface area contributed by atoms with Gasteiger partial charge in [0, 0.05) is 21.8 Å². The van der Waals surface area contributed by atoms with Crippen molar-refractivity contribution in [1.29, 1.82) is 0 Å². The lowest BCUT2D eigenvalue weighted by atomic mass is 10.1. The van der Waals surface area contributed by atoms with Crippen LogP contribution in [-0.4, -0.2) is 10.9 Å². The van der Waals surface area contributed by atoms with Crippen molar-refractivity contribution in [2.24, 2.45) is 0 Å². The van der Waals surface area contributed by atoms with E-state index in [4.69, 9.17) is 16.0 Å². The summed E-state index contributed by atoms with van der Waals surface area (Å²) in [5, 5.41) is 2.82. The Morgan fingerprint density at radius 2 is 1.78 bits per heavy atom. The third-order valence-corrected chi connectivity index (χ3v) is 6.20. The quantitative estimate of drug-likeness (QED) is 0.303. The van der Waals surface area contributed by atoms with E-state index in [1.807, 2.05) is 6.92 Å². The number of carbonyl (C=O) groups is 1. The highest BCUT2D eigenvalue weighted by Gasteiger charge is 2.14. The lowest BCUT2D eigenvalue weighted by Crippen LogP contribution is -2.12. The average molecular weight is 467 g/mol. The smallest absolute Gasteiger partial charge is 0.255 e. The zero-order valence-corrected chi connectivity index (χ0v) is 19.1. The molecule has 0 spiro atoms. The largest absolute Gasteiger partial charge is 0.441 e. The zero-order chi connectivity index (χ0) is 22.7. The molecule has 0 saturated carbocycles. The second-order valence-corrected chi connectivity index (χ2v) is 8.74. The number of aromatic nitrogens is 1. The Balaban J connectivity index is 1.44. The van der Waals surface area contributed by atoms with Gasteiger partial charge in [-0.3, -0.25) is 4.79 Å². The maximum absolute atomic E-state index is 13.2. The minimum absolute atomic E-state index is 0.140. The molecule has 4 aromatic rings. The predicted molar refractivity (Wildman–Crippen MR) is 127 cm³/mol. The van der Waals surface area contributed by atoms with Gasteiger partial charge in [0.05, 0.1) is 16.4 Å². The van der Waals surface area contributed by atoms with Gasteiger partial charge in [-0.25, -0.2) is 9.37 Å². The number of hydrogen-bond acceptors (Lipinski definition) is 4. The van der Waals surface area contributed by atoms with Crippen LogP contribution in [0, 0.1) is 19.7 Å². The van der Waals surface area contributed by atoms with E-state index >= 15 is 0 Å². The molecule has 0 radical (unpaired) electrons. The van der Waals surface area contributed by atoms with Gasteiger partial charge in [0.15, 0.2) is 0 Å². The molecule has 0 aliphatic carbocycles. The summed E-state index contributed by atoms with van der Waals surface area (Å²) in [5.74, 6) is 1.18. The summed E-state index contributed by atoms with van der Waals surface area (Å²) in [6, 6.07) is 19.1. The molecule has 0 bridgehead atoms. The third kappa shape index (κ3) is 5.21. The molecule has 0 saturated heterocycles. The van der Waals surface area contributed by atoms with Crippen LogP contribution in [0.1, 0.15) is 27.4 Å². The maximum atomic E-state index is 13.2. The Kier molecular flexibility index (Phi) is 6.63. The van der Waals surface area contributed by atoms with E-state index in [0.29, 0.717) is 22.9 Å². The van der Waals surface area contributed by atoms with E-state index in [2.05, 4.69) is 41.5 Å². The number of anilines is 1. The molecule has 1 heterocycles. The minimum Gasteiger partial charge on any atom is -0.441 e. The van der Waals surface area contributed by atoms with Crippen LogP contribution in [0.4, 0.5) is 10.1 Å². The molecular formula is C25H20ClFN2O2S. The first kappa shape index (κ1) is 22.1. The van der Waals surface area contributed by atoms with Gasteiger partial charge in [0.25, 0.3) is 5.91 Å².